The molecule has 4 unspecified atom stereocenters. The molecule has 0 aromatic carbocycles. The first-order valence-corrected chi connectivity index (χ1v) is 28.8. The number of hydrogen-bond acceptors (Lipinski definition) is 24. The molecule has 25 heteroatoms. The zero-order chi connectivity index (χ0) is 61.2. The summed E-state index contributed by atoms with van der Waals surface area (Å²) in [6, 6.07) is -1.34. The molecule has 0 saturated carbocycles. The van der Waals surface area contributed by atoms with Gasteiger partial charge in [-0.25, -0.2) is 5.01 Å². The second kappa shape index (κ2) is 33.4. The normalized spacial score (nSPS) is 45.0. The SMILES string of the molecule is CC1[C@H](C)OC(=O)C[C@H](O)C[C@H](O)CC[C@@H](O)[C@H](O)C[C@H](O)C[C@]2(O)C[C@H](O)C(C(=O)NN3CCN(C)CC3)C(C[C@@H](OC3O[C@H](C)[C@@H](O)[C@H](NC[C@@]4(O)OC[C@@H](O)[C@@H](O)[C@@H]4O)[C@@H]3O)C=C/C=C/C=C/C=C/C=C/C=C/C=C/[C@H](C)[C@H]1O)O2. The molecule has 16 N–H and O–H groups in total. The number of allylic oxidation sites excluding steroid dienone is 12. The fraction of sp³-hybridized carbons (Fsp3) is 0.724. The van der Waals surface area contributed by atoms with Gasteiger partial charge in [0.05, 0.1) is 98.7 Å². The number of nitrogens with zero attached hydrogens (tertiary/aromatic N) is 2. The van der Waals surface area contributed by atoms with E-state index in [4.69, 9.17) is 23.7 Å². The Labute approximate surface area is 485 Å². The van der Waals surface area contributed by atoms with Crippen molar-refractivity contribution in [2.75, 3.05) is 46.4 Å². The Morgan fingerprint density at radius 3 is 1.88 bits per heavy atom. The van der Waals surface area contributed by atoms with E-state index in [1.165, 1.54) is 13.0 Å². The van der Waals surface area contributed by atoms with Crippen LogP contribution in [0.2, 0.25) is 0 Å². The smallest absolute Gasteiger partial charge is 0.308 e. The van der Waals surface area contributed by atoms with Crippen molar-refractivity contribution >= 4 is 11.9 Å². The van der Waals surface area contributed by atoms with Crippen molar-refractivity contribution in [1.82, 2.24) is 20.7 Å². The molecule has 0 aliphatic carbocycles. The van der Waals surface area contributed by atoms with Gasteiger partial charge in [0.2, 0.25) is 11.7 Å². The van der Waals surface area contributed by atoms with Crippen LogP contribution in [-0.4, -0.2) is 261 Å². The number of hydrogen-bond donors (Lipinski definition) is 16. The summed E-state index contributed by atoms with van der Waals surface area (Å²) in [6.07, 6.45) is -3.03. The number of fused-ring (bicyclic) bond motifs is 2. The molecule has 0 radical (unpaired) electrons. The van der Waals surface area contributed by atoms with Crippen molar-refractivity contribution in [3.05, 3.63) is 85.1 Å². The van der Waals surface area contributed by atoms with E-state index in [0.29, 0.717) is 26.2 Å². The highest BCUT2D eigenvalue weighted by Gasteiger charge is 2.53. The third kappa shape index (κ3) is 21.6. The van der Waals surface area contributed by atoms with E-state index in [-0.39, 0.29) is 31.6 Å². The van der Waals surface area contributed by atoms with Crippen LogP contribution in [-0.2, 0) is 33.3 Å². The zero-order valence-corrected chi connectivity index (χ0v) is 48.1. The molecule has 5 heterocycles. The summed E-state index contributed by atoms with van der Waals surface area (Å²) in [6.45, 7) is 7.62. The lowest BCUT2D eigenvalue weighted by molar-refractivity contribution is -0.323. The third-order valence-corrected chi connectivity index (χ3v) is 16.0. The molecule has 5 aliphatic rings. The van der Waals surface area contributed by atoms with Gasteiger partial charge in [0.1, 0.15) is 30.5 Å². The van der Waals surface area contributed by atoms with Crippen molar-refractivity contribution in [2.45, 2.75) is 201 Å². The van der Waals surface area contributed by atoms with Crippen molar-refractivity contribution in [3.8, 4) is 0 Å². The van der Waals surface area contributed by atoms with Crippen LogP contribution in [0, 0.1) is 17.8 Å². The van der Waals surface area contributed by atoms with Crippen LogP contribution in [0.25, 0.3) is 0 Å². The highest BCUT2D eigenvalue weighted by Crippen LogP contribution is 2.39. The molecular weight excluding hydrogens is 1090 g/mol. The summed E-state index contributed by atoms with van der Waals surface area (Å²) < 4.78 is 29.5. The van der Waals surface area contributed by atoms with E-state index < -0.39 is 184 Å². The number of aliphatic hydroxyl groups is 14. The number of rotatable bonds is 7. The fourth-order valence-electron chi connectivity index (χ4n) is 10.7. The number of ether oxygens (including phenoxy) is 5. The minimum atomic E-state index is -2.47. The number of esters is 1. The summed E-state index contributed by atoms with van der Waals surface area (Å²) in [5.41, 5.74) is 2.86. The number of hydrazine groups is 1. The van der Waals surface area contributed by atoms with Gasteiger partial charge in [0, 0.05) is 63.7 Å². The molecule has 0 aromatic rings. The first-order chi connectivity index (χ1) is 39.2. The first-order valence-electron chi connectivity index (χ1n) is 28.8. The maximum absolute atomic E-state index is 14.3. The van der Waals surface area contributed by atoms with Crippen molar-refractivity contribution in [1.29, 1.82) is 0 Å². The van der Waals surface area contributed by atoms with Crippen LogP contribution in [0.4, 0.5) is 0 Å². The number of carbonyl (C=O) groups is 2. The average molecular weight is 1180 g/mol. The summed E-state index contributed by atoms with van der Waals surface area (Å²) in [7, 11) is 1.93. The van der Waals surface area contributed by atoms with Gasteiger partial charge in [-0.05, 0) is 40.2 Å². The average Bonchev–Trinajstić information content (AvgIpc) is 3.17. The molecule has 4 fully saturated rings. The first kappa shape index (κ1) is 70.0. The summed E-state index contributed by atoms with van der Waals surface area (Å²) >= 11 is 0. The second-order valence-electron chi connectivity index (χ2n) is 23.0. The molecule has 472 valence electrons. The van der Waals surface area contributed by atoms with Crippen LogP contribution < -0.4 is 10.7 Å². The summed E-state index contributed by atoms with van der Waals surface area (Å²) in [4.78, 5) is 29.1. The number of nitrogens with one attached hydrogen (secondary N) is 2. The predicted octanol–water partition coefficient (Wildman–Crippen LogP) is -2.66. The molecule has 1 amide bonds. The molecule has 83 heavy (non-hydrogen) atoms. The Bertz CT molecular complexity index is 2200. The van der Waals surface area contributed by atoms with Crippen LogP contribution in [0.1, 0.15) is 79.1 Å². The summed E-state index contributed by atoms with van der Waals surface area (Å²) in [5.74, 6) is -8.41. The summed E-state index contributed by atoms with van der Waals surface area (Å²) in [5, 5.41) is 159. The van der Waals surface area contributed by atoms with E-state index in [0.717, 1.165) is 0 Å². The number of amides is 1. The van der Waals surface area contributed by atoms with Crippen LogP contribution >= 0.6 is 0 Å². The number of aliphatic hydroxyl groups excluding tert-OH is 12. The van der Waals surface area contributed by atoms with Crippen molar-refractivity contribution < 1.29 is 105 Å². The molecule has 0 aromatic heterocycles. The highest BCUT2D eigenvalue weighted by atomic mass is 16.7. The van der Waals surface area contributed by atoms with Gasteiger partial charge in [0.15, 0.2) is 12.1 Å². The molecule has 2 bridgehead atoms. The van der Waals surface area contributed by atoms with Gasteiger partial charge < -0.3 is 105 Å². The highest BCUT2D eigenvalue weighted by molar-refractivity contribution is 5.79. The Morgan fingerprint density at radius 2 is 1.25 bits per heavy atom. The van der Waals surface area contributed by atoms with E-state index in [1.807, 2.05) is 20.0 Å². The second-order valence-corrected chi connectivity index (χ2v) is 23.0. The molecule has 4 saturated heterocycles. The molecule has 5 rings (SSSR count). The number of cyclic esters (lactones) is 1. The van der Waals surface area contributed by atoms with Gasteiger partial charge in [-0.1, -0.05) is 98.9 Å². The van der Waals surface area contributed by atoms with Gasteiger partial charge in [0.25, 0.3) is 0 Å². The minimum Gasteiger partial charge on any atom is -0.462 e. The van der Waals surface area contributed by atoms with E-state index in [2.05, 4.69) is 15.6 Å². The Morgan fingerprint density at radius 1 is 0.651 bits per heavy atom. The topological polar surface area (TPSA) is 394 Å². The van der Waals surface area contributed by atoms with E-state index in [9.17, 15) is 81.1 Å². The number of carbonyl (C=O) groups excluding carboxylic acids is 2. The quantitative estimate of drug-likeness (QED) is 0.116. The molecule has 5 aliphatic heterocycles. The molecule has 23 atom stereocenters. The molecule has 25 nitrogen and oxygen atoms in total. The van der Waals surface area contributed by atoms with Crippen molar-refractivity contribution in [3.63, 3.8) is 0 Å². The lowest BCUT2D eigenvalue weighted by atomic mass is 9.82. The zero-order valence-electron chi connectivity index (χ0n) is 48.1. The monoisotopic (exact) mass is 1180 g/mol. The molecule has 0 spiro atoms. The van der Waals surface area contributed by atoms with E-state index >= 15 is 0 Å². The lowest BCUT2D eigenvalue weighted by Crippen LogP contribution is -2.69. The fourth-order valence-corrected chi connectivity index (χ4v) is 10.7. The molecular formula is C58H94N4O21. The van der Waals surface area contributed by atoms with Crippen molar-refractivity contribution in [2.24, 2.45) is 17.8 Å². The standard InChI is InChI=1S/C58H94N4O21/c1-34-18-16-14-12-10-8-6-7-9-11-13-15-17-19-41(82-56-53(74)49(51(72)37(4)81-56)59-33-58(78)54(75)52(73)45(69)32-79-58)29-46-48(55(76)60-62-24-22-61(5)23-25-62)44(68)31-57(77,83-46)30-40(65)27-43(67)42(66)21-20-38(63)26-39(64)28-47(70)80-36(3)35(2)50(34)71/h6-19,34-46,48-54,56,59,63-69,71-75,77-78H,20-33H2,1-5H3,(H,60,76)/b7-6+,10-8+,11-9+,14-12+,15-13+,18-16+,19-17?/t34-,35?,36-,37+,38+,39+,40-,41-,42+,43+,44-,45+,46?,48?,49-,50+,51+,52+,53-,54-,56?,57+,58+/m0/s1. The van der Waals surface area contributed by atoms with Gasteiger partial charge in [-0.15, -0.1) is 0 Å². The third-order valence-electron chi connectivity index (χ3n) is 16.0. The van der Waals surface area contributed by atoms with Gasteiger partial charge in [-0.3, -0.25) is 15.0 Å². The maximum atomic E-state index is 14.3. The predicted molar refractivity (Wildman–Crippen MR) is 299 cm³/mol. The van der Waals surface area contributed by atoms with Gasteiger partial charge >= 0.3 is 5.97 Å². The Kier molecular flexibility index (Phi) is 28.2. The largest absolute Gasteiger partial charge is 0.462 e. The number of piperazine rings is 1. The van der Waals surface area contributed by atoms with E-state index in [1.54, 1.807) is 91.8 Å². The maximum Gasteiger partial charge on any atom is 0.308 e. The minimum absolute atomic E-state index is 0.129. The van der Waals surface area contributed by atoms with Crippen LogP contribution in [0.3, 0.4) is 0 Å². The Hall–Kier alpha value is -3.72. The van der Waals surface area contributed by atoms with Gasteiger partial charge in [-0.2, -0.15) is 0 Å². The lowest BCUT2D eigenvalue weighted by Gasteiger charge is -2.47. The van der Waals surface area contributed by atoms with Crippen LogP contribution in [0.5, 0.6) is 0 Å². The van der Waals surface area contributed by atoms with Crippen LogP contribution in [0.15, 0.2) is 85.1 Å². The Balaban J connectivity index is 1.43. The number of likely N-dealkylation sites (N-methyl/N-ethyl adjacent to an activating group) is 1.